The fraction of sp³-hybridized carbons (Fsp3) is 0.167. The Hall–Kier alpha value is -4.01. The molecule has 0 fully saturated rings. The third-order valence-corrected chi connectivity index (χ3v) is 4.55. The molecular formula is C24H21F3N2O4. The fourth-order valence-corrected chi connectivity index (χ4v) is 2.96. The van der Waals surface area contributed by atoms with Crippen LogP contribution in [0, 0.1) is 0 Å². The zero-order valence-electron chi connectivity index (χ0n) is 17.4. The monoisotopic (exact) mass is 458 g/mol. The molecule has 3 N–H and O–H groups in total. The quantitative estimate of drug-likeness (QED) is 0.471. The summed E-state index contributed by atoms with van der Waals surface area (Å²) in [4.78, 5) is 23.9. The molecule has 0 saturated heterocycles. The molecule has 0 radical (unpaired) electrons. The normalized spacial score (nSPS) is 11.0. The Morgan fingerprint density at radius 3 is 2.42 bits per heavy atom. The van der Waals surface area contributed by atoms with Crippen molar-refractivity contribution in [1.29, 1.82) is 0 Å². The summed E-state index contributed by atoms with van der Waals surface area (Å²) >= 11 is 0. The van der Waals surface area contributed by atoms with E-state index in [0.717, 1.165) is 12.1 Å². The average molecular weight is 458 g/mol. The summed E-state index contributed by atoms with van der Waals surface area (Å²) in [5.74, 6) is -0.575. The zero-order valence-corrected chi connectivity index (χ0v) is 17.4. The van der Waals surface area contributed by atoms with Gasteiger partial charge < -0.3 is 20.5 Å². The number of alkyl halides is 3. The second-order valence-corrected chi connectivity index (χ2v) is 6.98. The molecular weight excluding hydrogens is 437 g/mol. The van der Waals surface area contributed by atoms with E-state index in [1.54, 1.807) is 48.5 Å². The van der Waals surface area contributed by atoms with Crippen molar-refractivity contribution in [3.8, 4) is 11.5 Å². The van der Waals surface area contributed by atoms with Crippen LogP contribution in [0.25, 0.3) is 0 Å². The van der Waals surface area contributed by atoms with Gasteiger partial charge >= 0.3 is 6.18 Å². The Balaban J connectivity index is 1.51. The Morgan fingerprint density at radius 2 is 1.67 bits per heavy atom. The van der Waals surface area contributed by atoms with Crippen molar-refractivity contribution in [2.45, 2.75) is 12.8 Å². The van der Waals surface area contributed by atoms with E-state index >= 15 is 0 Å². The molecule has 3 aromatic carbocycles. The molecule has 0 atom stereocenters. The van der Waals surface area contributed by atoms with Gasteiger partial charge in [-0.3, -0.25) is 9.59 Å². The summed E-state index contributed by atoms with van der Waals surface area (Å²) in [7, 11) is 0. The van der Waals surface area contributed by atoms with Gasteiger partial charge in [-0.15, -0.1) is 0 Å². The van der Waals surface area contributed by atoms with E-state index in [1.807, 2.05) is 0 Å². The van der Waals surface area contributed by atoms with Gasteiger partial charge in [-0.1, -0.05) is 30.3 Å². The fourth-order valence-electron chi connectivity index (χ4n) is 2.96. The third-order valence-electron chi connectivity index (χ3n) is 4.55. The predicted molar refractivity (Wildman–Crippen MR) is 115 cm³/mol. The van der Waals surface area contributed by atoms with Gasteiger partial charge in [0.05, 0.1) is 17.7 Å². The number of carbonyl (C=O) groups excluding carboxylic acids is 2. The van der Waals surface area contributed by atoms with Crippen molar-refractivity contribution in [1.82, 2.24) is 5.32 Å². The molecule has 0 spiro atoms. The number of rotatable bonds is 9. The molecule has 0 aliphatic carbocycles. The minimum absolute atomic E-state index is 0.000244. The van der Waals surface area contributed by atoms with Crippen LogP contribution in [-0.2, 0) is 12.8 Å². The maximum absolute atomic E-state index is 12.7. The molecule has 0 aliphatic rings. The highest BCUT2D eigenvalue weighted by Crippen LogP contribution is 2.31. The first-order valence-corrected chi connectivity index (χ1v) is 9.93. The lowest BCUT2D eigenvalue weighted by Crippen LogP contribution is -2.28. The molecule has 3 aromatic rings. The summed E-state index contributed by atoms with van der Waals surface area (Å²) in [5.41, 5.74) is 5.86. The molecule has 172 valence electrons. The summed E-state index contributed by atoms with van der Waals surface area (Å²) in [6.45, 7) is 0.214. The number of hydrogen-bond acceptors (Lipinski definition) is 4. The second-order valence-electron chi connectivity index (χ2n) is 6.98. The summed E-state index contributed by atoms with van der Waals surface area (Å²) in [5, 5.41) is 2.65. The van der Waals surface area contributed by atoms with E-state index in [2.05, 4.69) is 5.32 Å². The predicted octanol–water partition coefficient (Wildman–Crippen LogP) is 4.19. The molecule has 0 aromatic heterocycles. The van der Waals surface area contributed by atoms with Crippen LogP contribution < -0.4 is 20.5 Å². The van der Waals surface area contributed by atoms with Gasteiger partial charge in [0, 0.05) is 5.56 Å². The van der Waals surface area contributed by atoms with E-state index in [1.165, 1.54) is 12.1 Å². The highest BCUT2D eigenvalue weighted by atomic mass is 19.4. The number of hydrogen-bond donors (Lipinski definition) is 2. The minimum atomic E-state index is -4.45. The van der Waals surface area contributed by atoms with E-state index in [0.29, 0.717) is 16.9 Å². The van der Waals surface area contributed by atoms with Gasteiger partial charge in [0.25, 0.3) is 11.8 Å². The molecule has 9 heteroatoms. The minimum Gasteiger partial charge on any atom is -0.492 e. The summed E-state index contributed by atoms with van der Waals surface area (Å²) < 4.78 is 49.2. The van der Waals surface area contributed by atoms with Gasteiger partial charge in [-0.05, 0) is 48.0 Å². The zero-order chi connectivity index (χ0) is 23.8. The summed E-state index contributed by atoms with van der Waals surface area (Å²) in [6, 6.07) is 17.8. The van der Waals surface area contributed by atoms with Crippen LogP contribution in [0.2, 0.25) is 0 Å². The smallest absolute Gasteiger partial charge is 0.416 e. The van der Waals surface area contributed by atoms with Crippen molar-refractivity contribution in [3.63, 3.8) is 0 Å². The molecule has 0 unspecified atom stereocenters. The number of benzene rings is 3. The first-order chi connectivity index (χ1) is 15.7. The highest BCUT2D eigenvalue weighted by Gasteiger charge is 2.30. The first-order valence-electron chi connectivity index (χ1n) is 9.93. The number of ether oxygens (including phenoxy) is 2. The number of nitrogens with two attached hydrogens (primary N) is 1. The van der Waals surface area contributed by atoms with Crippen LogP contribution in [-0.4, -0.2) is 25.0 Å². The van der Waals surface area contributed by atoms with Crippen LogP contribution in [0.5, 0.6) is 11.5 Å². The van der Waals surface area contributed by atoms with Gasteiger partial charge in [0.2, 0.25) is 0 Å². The Morgan fingerprint density at radius 1 is 0.909 bits per heavy atom. The average Bonchev–Trinajstić information content (AvgIpc) is 2.80. The molecule has 0 aliphatic heterocycles. The van der Waals surface area contributed by atoms with Crippen LogP contribution in [0.1, 0.15) is 31.8 Å². The maximum atomic E-state index is 12.7. The Labute approximate surface area is 188 Å². The van der Waals surface area contributed by atoms with Crippen LogP contribution in [0.4, 0.5) is 13.2 Å². The van der Waals surface area contributed by atoms with Crippen molar-refractivity contribution < 1.29 is 32.2 Å². The lowest BCUT2D eigenvalue weighted by atomic mass is 10.1. The topological polar surface area (TPSA) is 90.7 Å². The standard InChI is InChI=1S/C24H21F3N2O4/c25-24(26,27)18-7-4-8-19(14-18)32-12-11-29-23(31)17-6-3-5-16(13-17)15-33-21-10-2-1-9-20(21)22(28)30/h1-10,13-14H,11-12,15H2,(H2,28,30)(H,29,31). The summed E-state index contributed by atoms with van der Waals surface area (Å²) in [6.07, 6.45) is -4.45. The van der Waals surface area contributed by atoms with Crippen molar-refractivity contribution in [2.24, 2.45) is 5.73 Å². The van der Waals surface area contributed by atoms with E-state index < -0.39 is 17.6 Å². The molecule has 2 amide bonds. The van der Waals surface area contributed by atoms with Gasteiger partial charge in [-0.25, -0.2) is 0 Å². The number of halogens is 3. The Bertz CT molecular complexity index is 1130. The van der Waals surface area contributed by atoms with Crippen LogP contribution in [0.3, 0.4) is 0 Å². The van der Waals surface area contributed by atoms with Crippen molar-refractivity contribution in [3.05, 3.63) is 95.1 Å². The first kappa shape index (κ1) is 23.6. The van der Waals surface area contributed by atoms with E-state index in [4.69, 9.17) is 15.2 Å². The third kappa shape index (κ3) is 6.73. The number of amides is 2. The van der Waals surface area contributed by atoms with E-state index in [9.17, 15) is 22.8 Å². The lowest BCUT2D eigenvalue weighted by Gasteiger charge is -2.12. The van der Waals surface area contributed by atoms with Gasteiger partial charge in [0.15, 0.2) is 0 Å². The molecule has 0 saturated carbocycles. The van der Waals surface area contributed by atoms with Crippen molar-refractivity contribution >= 4 is 11.8 Å². The molecule has 0 bridgehead atoms. The molecule has 6 nitrogen and oxygen atoms in total. The number of para-hydroxylation sites is 1. The largest absolute Gasteiger partial charge is 0.492 e. The Kier molecular flexibility index (Phi) is 7.55. The van der Waals surface area contributed by atoms with Crippen LogP contribution >= 0.6 is 0 Å². The molecule has 0 heterocycles. The highest BCUT2D eigenvalue weighted by molar-refractivity contribution is 5.95. The van der Waals surface area contributed by atoms with Gasteiger partial charge in [-0.2, -0.15) is 13.2 Å². The SMILES string of the molecule is NC(=O)c1ccccc1OCc1cccc(C(=O)NCCOc2cccc(C(F)(F)F)c2)c1. The molecule has 3 rings (SSSR count). The molecule has 33 heavy (non-hydrogen) atoms. The maximum Gasteiger partial charge on any atom is 0.416 e. The number of carbonyl (C=O) groups is 2. The second kappa shape index (κ2) is 10.5. The number of nitrogens with one attached hydrogen (secondary N) is 1. The lowest BCUT2D eigenvalue weighted by molar-refractivity contribution is -0.137. The van der Waals surface area contributed by atoms with Crippen molar-refractivity contribution in [2.75, 3.05) is 13.2 Å². The van der Waals surface area contributed by atoms with Crippen LogP contribution in [0.15, 0.2) is 72.8 Å². The van der Waals surface area contributed by atoms with E-state index in [-0.39, 0.29) is 37.0 Å². The van der Waals surface area contributed by atoms with Gasteiger partial charge in [0.1, 0.15) is 24.7 Å². The number of primary amides is 1.